The third-order valence-electron chi connectivity index (χ3n) is 3.60. The SMILES string of the molecule is CCOC(=O)c1cc(-c2cccc([N+](=O)[O-])c2)oc1-c1ccccc1. The third kappa shape index (κ3) is 3.42. The van der Waals surface area contributed by atoms with E-state index in [9.17, 15) is 14.9 Å². The van der Waals surface area contributed by atoms with Gasteiger partial charge >= 0.3 is 5.97 Å². The molecule has 1 aromatic heterocycles. The fraction of sp³-hybridized carbons (Fsp3) is 0.105. The van der Waals surface area contributed by atoms with Gasteiger partial charge < -0.3 is 9.15 Å². The number of hydrogen-bond donors (Lipinski definition) is 0. The van der Waals surface area contributed by atoms with Crippen molar-refractivity contribution >= 4 is 11.7 Å². The van der Waals surface area contributed by atoms with Crippen LogP contribution >= 0.6 is 0 Å². The maximum absolute atomic E-state index is 12.3. The van der Waals surface area contributed by atoms with Crippen LogP contribution in [0.4, 0.5) is 5.69 Å². The summed E-state index contributed by atoms with van der Waals surface area (Å²) in [6.07, 6.45) is 0. The average Bonchev–Trinajstić information content (AvgIpc) is 3.08. The molecule has 3 aromatic rings. The van der Waals surface area contributed by atoms with E-state index >= 15 is 0 Å². The van der Waals surface area contributed by atoms with Crippen molar-refractivity contribution in [3.8, 4) is 22.6 Å². The molecule has 0 N–H and O–H groups in total. The molecule has 0 bridgehead atoms. The Morgan fingerprint density at radius 3 is 2.48 bits per heavy atom. The van der Waals surface area contributed by atoms with Crippen LogP contribution in [0, 0.1) is 10.1 Å². The van der Waals surface area contributed by atoms with Crippen LogP contribution in [0.25, 0.3) is 22.6 Å². The fourth-order valence-corrected chi connectivity index (χ4v) is 2.47. The molecule has 126 valence electrons. The number of nitro groups is 1. The molecule has 0 atom stereocenters. The summed E-state index contributed by atoms with van der Waals surface area (Å²) < 4.78 is 11.0. The molecule has 6 heteroatoms. The lowest BCUT2D eigenvalue weighted by atomic mass is 10.1. The highest BCUT2D eigenvalue weighted by atomic mass is 16.6. The minimum absolute atomic E-state index is 0.0483. The molecule has 0 aliphatic rings. The molecule has 2 aromatic carbocycles. The molecule has 1 heterocycles. The van der Waals surface area contributed by atoms with Crippen LogP contribution < -0.4 is 0 Å². The molecule has 0 saturated carbocycles. The largest absolute Gasteiger partial charge is 0.462 e. The molecule has 6 nitrogen and oxygen atoms in total. The summed E-state index contributed by atoms with van der Waals surface area (Å²) in [5.74, 6) is 0.243. The minimum Gasteiger partial charge on any atom is -0.462 e. The number of furan rings is 1. The van der Waals surface area contributed by atoms with Crippen molar-refractivity contribution in [3.63, 3.8) is 0 Å². The maximum atomic E-state index is 12.3. The highest BCUT2D eigenvalue weighted by Crippen LogP contribution is 2.34. The van der Waals surface area contributed by atoms with Gasteiger partial charge in [-0.25, -0.2) is 4.79 Å². The number of nitrogens with zero attached hydrogens (tertiary/aromatic N) is 1. The van der Waals surface area contributed by atoms with E-state index in [0.29, 0.717) is 17.1 Å². The van der Waals surface area contributed by atoms with Gasteiger partial charge in [0.2, 0.25) is 0 Å². The summed E-state index contributed by atoms with van der Waals surface area (Å²) in [4.78, 5) is 22.8. The smallest absolute Gasteiger partial charge is 0.342 e. The van der Waals surface area contributed by atoms with E-state index in [1.807, 2.05) is 30.3 Å². The third-order valence-corrected chi connectivity index (χ3v) is 3.60. The minimum atomic E-state index is -0.498. The molecule has 0 spiro atoms. The molecule has 0 radical (unpaired) electrons. The van der Waals surface area contributed by atoms with E-state index in [0.717, 1.165) is 5.56 Å². The summed E-state index contributed by atoms with van der Waals surface area (Å²) in [6, 6.07) is 16.8. The molecule has 3 rings (SSSR count). The Hall–Kier alpha value is -3.41. The highest BCUT2D eigenvalue weighted by molar-refractivity contribution is 5.97. The molecular formula is C19H15NO5. The van der Waals surface area contributed by atoms with E-state index in [1.54, 1.807) is 25.1 Å². The standard InChI is InChI=1S/C19H15NO5/c1-2-24-19(21)16-12-17(14-9-6-10-15(11-14)20(22)23)25-18(16)13-7-4-3-5-8-13/h3-12H,2H2,1H3. The molecule has 0 fully saturated rings. The van der Waals surface area contributed by atoms with Crippen molar-refractivity contribution < 1.29 is 18.9 Å². The molecule has 0 aliphatic carbocycles. The summed E-state index contributed by atoms with van der Waals surface area (Å²) in [5, 5.41) is 11.0. The molecule has 25 heavy (non-hydrogen) atoms. The van der Waals surface area contributed by atoms with Gasteiger partial charge in [0.15, 0.2) is 0 Å². The van der Waals surface area contributed by atoms with Gasteiger partial charge in [-0.15, -0.1) is 0 Å². The van der Waals surface area contributed by atoms with Gasteiger partial charge in [-0.1, -0.05) is 42.5 Å². The summed E-state index contributed by atoms with van der Waals surface area (Å²) >= 11 is 0. The number of benzene rings is 2. The van der Waals surface area contributed by atoms with Crippen LogP contribution in [-0.2, 0) is 4.74 Å². The first-order chi connectivity index (χ1) is 12.1. The first-order valence-corrected chi connectivity index (χ1v) is 7.71. The molecular weight excluding hydrogens is 322 g/mol. The lowest BCUT2D eigenvalue weighted by Gasteiger charge is -2.02. The van der Waals surface area contributed by atoms with Gasteiger partial charge in [-0.2, -0.15) is 0 Å². The predicted molar refractivity (Wildman–Crippen MR) is 92.2 cm³/mol. The molecule has 0 unspecified atom stereocenters. The van der Waals surface area contributed by atoms with E-state index in [1.165, 1.54) is 12.1 Å². The van der Waals surface area contributed by atoms with E-state index < -0.39 is 10.9 Å². The summed E-state index contributed by atoms with van der Waals surface area (Å²) in [7, 11) is 0. The normalized spacial score (nSPS) is 10.4. The number of non-ortho nitro benzene ring substituents is 1. The second-order valence-corrected chi connectivity index (χ2v) is 5.25. The molecule has 0 amide bonds. The Bertz CT molecular complexity index is 915. The Balaban J connectivity index is 2.12. The van der Waals surface area contributed by atoms with Crippen LogP contribution in [0.5, 0.6) is 0 Å². The number of hydrogen-bond acceptors (Lipinski definition) is 5. The Labute approximate surface area is 143 Å². The quantitative estimate of drug-likeness (QED) is 0.383. The number of carbonyl (C=O) groups excluding carboxylic acids is 1. The van der Waals surface area contributed by atoms with Gasteiger partial charge in [-0.05, 0) is 13.0 Å². The number of esters is 1. The van der Waals surface area contributed by atoms with Crippen molar-refractivity contribution in [1.29, 1.82) is 0 Å². The Kier molecular flexibility index (Phi) is 4.61. The van der Waals surface area contributed by atoms with Crippen molar-refractivity contribution in [2.24, 2.45) is 0 Å². The first-order valence-electron chi connectivity index (χ1n) is 7.71. The second-order valence-electron chi connectivity index (χ2n) is 5.25. The van der Waals surface area contributed by atoms with E-state index in [2.05, 4.69) is 0 Å². The highest BCUT2D eigenvalue weighted by Gasteiger charge is 2.21. The van der Waals surface area contributed by atoms with Gasteiger partial charge in [0, 0.05) is 23.3 Å². The zero-order valence-corrected chi connectivity index (χ0v) is 13.5. The van der Waals surface area contributed by atoms with Crippen LogP contribution in [-0.4, -0.2) is 17.5 Å². The first kappa shape index (κ1) is 16.4. The number of nitro benzene ring substituents is 1. The van der Waals surface area contributed by atoms with Crippen molar-refractivity contribution in [2.75, 3.05) is 6.61 Å². The van der Waals surface area contributed by atoms with Crippen LogP contribution in [0.15, 0.2) is 65.1 Å². The van der Waals surface area contributed by atoms with Crippen LogP contribution in [0.1, 0.15) is 17.3 Å². The van der Waals surface area contributed by atoms with Gasteiger partial charge in [0.05, 0.1) is 11.5 Å². The lowest BCUT2D eigenvalue weighted by Crippen LogP contribution is -2.04. The summed E-state index contributed by atoms with van der Waals surface area (Å²) in [5.41, 5.74) is 1.48. The van der Waals surface area contributed by atoms with Crippen LogP contribution in [0.2, 0.25) is 0 Å². The monoisotopic (exact) mass is 337 g/mol. The molecule has 0 saturated heterocycles. The second kappa shape index (κ2) is 7.00. The van der Waals surface area contributed by atoms with Crippen molar-refractivity contribution in [1.82, 2.24) is 0 Å². The van der Waals surface area contributed by atoms with Gasteiger partial charge in [0.25, 0.3) is 5.69 Å². The maximum Gasteiger partial charge on any atom is 0.342 e. The fourth-order valence-electron chi connectivity index (χ4n) is 2.47. The molecule has 0 aliphatic heterocycles. The number of carbonyl (C=O) groups is 1. The summed E-state index contributed by atoms with van der Waals surface area (Å²) in [6.45, 7) is 1.96. The number of rotatable bonds is 5. The Morgan fingerprint density at radius 1 is 1.08 bits per heavy atom. The van der Waals surface area contributed by atoms with Gasteiger partial charge in [0.1, 0.15) is 17.1 Å². The van der Waals surface area contributed by atoms with E-state index in [-0.39, 0.29) is 17.9 Å². The van der Waals surface area contributed by atoms with E-state index in [4.69, 9.17) is 9.15 Å². The zero-order chi connectivity index (χ0) is 17.8. The zero-order valence-electron chi connectivity index (χ0n) is 13.5. The number of ether oxygens (including phenoxy) is 1. The average molecular weight is 337 g/mol. The van der Waals surface area contributed by atoms with Crippen LogP contribution in [0.3, 0.4) is 0 Å². The topological polar surface area (TPSA) is 82.6 Å². The van der Waals surface area contributed by atoms with Gasteiger partial charge in [-0.3, -0.25) is 10.1 Å². The lowest BCUT2D eigenvalue weighted by molar-refractivity contribution is -0.384. The van der Waals surface area contributed by atoms with Crippen molar-refractivity contribution in [3.05, 3.63) is 76.3 Å². The van der Waals surface area contributed by atoms with Crippen molar-refractivity contribution in [2.45, 2.75) is 6.92 Å². The predicted octanol–water partition coefficient (Wildman–Crippen LogP) is 4.70. The Morgan fingerprint density at radius 2 is 1.80 bits per heavy atom.